The Balaban J connectivity index is 1.89. The first-order valence-electron chi connectivity index (χ1n) is 7.81. The summed E-state index contributed by atoms with van der Waals surface area (Å²) in [5.74, 6) is 0.828. The molecule has 0 saturated carbocycles. The molecule has 2 aromatic carbocycles. The van der Waals surface area contributed by atoms with Crippen LogP contribution in [0.1, 0.15) is 36.0 Å². The lowest BCUT2D eigenvalue weighted by Gasteiger charge is -2.14. The van der Waals surface area contributed by atoms with E-state index in [9.17, 15) is 4.79 Å². The highest BCUT2D eigenvalue weighted by molar-refractivity contribution is 6.03. The van der Waals surface area contributed by atoms with Crippen molar-refractivity contribution in [2.75, 3.05) is 11.9 Å². The lowest BCUT2D eigenvalue weighted by molar-refractivity contribution is -0.117. The fourth-order valence-corrected chi connectivity index (χ4v) is 2.95. The van der Waals surface area contributed by atoms with Gasteiger partial charge in [0, 0.05) is 5.69 Å². The van der Waals surface area contributed by atoms with Crippen molar-refractivity contribution in [2.45, 2.75) is 32.6 Å². The Labute approximate surface area is 131 Å². The molecule has 0 fully saturated rings. The van der Waals surface area contributed by atoms with Crippen LogP contribution in [0.25, 0.3) is 0 Å². The third-order valence-corrected chi connectivity index (χ3v) is 4.10. The summed E-state index contributed by atoms with van der Waals surface area (Å²) in [4.78, 5) is 12.4. The summed E-state index contributed by atoms with van der Waals surface area (Å²) >= 11 is 0. The smallest absolute Gasteiger partial charge is 0.232 e. The van der Waals surface area contributed by atoms with Crippen LogP contribution in [-0.2, 0) is 11.2 Å². The van der Waals surface area contributed by atoms with Crippen molar-refractivity contribution in [2.24, 2.45) is 0 Å². The first kappa shape index (κ1) is 14.6. The summed E-state index contributed by atoms with van der Waals surface area (Å²) in [6, 6.07) is 14.1. The normalized spacial score (nSPS) is 16.3. The molecule has 3 heteroatoms. The molecule has 2 aromatic rings. The van der Waals surface area contributed by atoms with Gasteiger partial charge in [-0.2, -0.15) is 0 Å². The highest BCUT2D eigenvalue weighted by atomic mass is 16.5. The molecule has 1 atom stereocenters. The van der Waals surface area contributed by atoms with Crippen LogP contribution < -0.4 is 10.1 Å². The van der Waals surface area contributed by atoms with Gasteiger partial charge in [-0.25, -0.2) is 0 Å². The summed E-state index contributed by atoms with van der Waals surface area (Å²) in [6.45, 7) is 4.81. The Morgan fingerprint density at radius 2 is 1.95 bits per heavy atom. The second-order valence-corrected chi connectivity index (χ2v) is 5.74. The number of anilines is 1. The van der Waals surface area contributed by atoms with Crippen LogP contribution in [0.3, 0.4) is 0 Å². The van der Waals surface area contributed by atoms with E-state index in [0.29, 0.717) is 13.0 Å². The monoisotopic (exact) mass is 295 g/mol. The number of ether oxygens (including phenoxy) is 1. The molecule has 0 aromatic heterocycles. The molecule has 114 valence electrons. The molecule has 0 radical (unpaired) electrons. The third-order valence-electron chi connectivity index (χ3n) is 4.10. The number of carbonyl (C=O) groups is 1. The Morgan fingerprint density at radius 1 is 1.14 bits per heavy atom. The Hall–Kier alpha value is -2.29. The Bertz CT molecular complexity index is 694. The number of amides is 1. The van der Waals surface area contributed by atoms with E-state index in [0.717, 1.165) is 34.5 Å². The van der Waals surface area contributed by atoms with Gasteiger partial charge in [0.2, 0.25) is 5.91 Å². The SMILES string of the molecule is CCCOc1ccccc1C[C@@H]1C(=O)Nc2c(C)cccc21. The van der Waals surface area contributed by atoms with Crippen molar-refractivity contribution in [3.05, 3.63) is 59.2 Å². The second-order valence-electron chi connectivity index (χ2n) is 5.74. The maximum absolute atomic E-state index is 12.4. The zero-order valence-corrected chi connectivity index (χ0v) is 13.1. The fourth-order valence-electron chi connectivity index (χ4n) is 2.95. The quantitative estimate of drug-likeness (QED) is 0.903. The standard InChI is InChI=1S/C19H21NO2/c1-3-11-22-17-10-5-4-8-14(17)12-16-15-9-6-7-13(2)18(15)20-19(16)21/h4-10,16H,3,11-12H2,1-2H3,(H,20,21)/t16-/m0/s1. The maximum atomic E-state index is 12.4. The van der Waals surface area contributed by atoms with Crippen LogP contribution in [0.15, 0.2) is 42.5 Å². The van der Waals surface area contributed by atoms with Crippen molar-refractivity contribution in [1.82, 2.24) is 0 Å². The van der Waals surface area contributed by atoms with Crippen LogP contribution in [0.4, 0.5) is 5.69 Å². The van der Waals surface area contributed by atoms with Gasteiger partial charge in [0.05, 0.1) is 12.5 Å². The van der Waals surface area contributed by atoms with Gasteiger partial charge in [-0.15, -0.1) is 0 Å². The lowest BCUT2D eigenvalue weighted by Crippen LogP contribution is -2.15. The molecule has 0 bridgehead atoms. The Kier molecular flexibility index (Phi) is 4.14. The molecule has 1 aliphatic heterocycles. The molecule has 1 aliphatic rings. The molecule has 1 heterocycles. The average Bonchev–Trinajstić information content (AvgIpc) is 2.84. The van der Waals surface area contributed by atoms with E-state index in [1.807, 2.05) is 49.4 Å². The molecule has 3 rings (SSSR count). The molecule has 3 nitrogen and oxygen atoms in total. The largest absolute Gasteiger partial charge is 0.493 e. The van der Waals surface area contributed by atoms with Gasteiger partial charge in [0.15, 0.2) is 0 Å². The number of fused-ring (bicyclic) bond motifs is 1. The molecule has 0 saturated heterocycles. The maximum Gasteiger partial charge on any atom is 0.232 e. The van der Waals surface area contributed by atoms with Gasteiger partial charge in [-0.05, 0) is 42.5 Å². The van der Waals surface area contributed by atoms with E-state index in [1.54, 1.807) is 0 Å². The third kappa shape index (κ3) is 2.71. The first-order chi connectivity index (χ1) is 10.7. The number of hydrogen-bond acceptors (Lipinski definition) is 2. The van der Waals surface area contributed by atoms with Crippen LogP contribution in [0.2, 0.25) is 0 Å². The highest BCUT2D eigenvalue weighted by Crippen LogP contribution is 2.38. The number of aryl methyl sites for hydroxylation is 1. The number of rotatable bonds is 5. The second kappa shape index (κ2) is 6.22. The minimum Gasteiger partial charge on any atom is -0.493 e. The number of hydrogen-bond donors (Lipinski definition) is 1. The number of para-hydroxylation sites is 2. The van der Waals surface area contributed by atoms with E-state index in [4.69, 9.17) is 4.74 Å². The van der Waals surface area contributed by atoms with Gasteiger partial charge >= 0.3 is 0 Å². The zero-order chi connectivity index (χ0) is 15.5. The Morgan fingerprint density at radius 3 is 2.77 bits per heavy atom. The van der Waals surface area contributed by atoms with Gasteiger partial charge in [-0.1, -0.05) is 43.3 Å². The van der Waals surface area contributed by atoms with Crippen molar-refractivity contribution < 1.29 is 9.53 Å². The molecular formula is C19H21NO2. The number of nitrogens with one attached hydrogen (secondary N) is 1. The molecule has 22 heavy (non-hydrogen) atoms. The van der Waals surface area contributed by atoms with Crippen LogP contribution in [0, 0.1) is 6.92 Å². The topological polar surface area (TPSA) is 38.3 Å². The van der Waals surface area contributed by atoms with E-state index >= 15 is 0 Å². The minimum absolute atomic E-state index is 0.0783. The predicted molar refractivity (Wildman–Crippen MR) is 88.5 cm³/mol. The van der Waals surface area contributed by atoms with Crippen LogP contribution >= 0.6 is 0 Å². The molecule has 0 aliphatic carbocycles. The summed E-state index contributed by atoms with van der Waals surface area (Å²) < 4.78 is 5.81. The van der Waals surface area contributed by atoms with E-state index in [1.165, 1.54) is 0 Å². The van der Waals surface area contributed by atoms with E-state index in [-0.39, 0.29) is 11.8 Å². The van der Waals surface area contributed by atoms with Crippen molar-refractivity contribution in [3.63, 3.8) is 0 Å². The van der Waals surface area contributed by atoms with Crippen LogP contribution in [-0.4, -0.2) is 12.5 Å². The first-order valence-corrected chi connectivity index (χ1v) is 7.81. The molecule has 0 spiro atoms. The lowest BCUT2D eigenvalue weighted by atomic mass is 9.92. The summed E-state index contributed by atoms with van der Waals surface area (Å²) in [5, 5.41) is 3.02. The van der Waals surface area contributed by atoms with Gasteiger partial charge in [-0.3, -0.25) is 4.79 Å². The minimum atomic E-state index is -0.138. The average molecular weight is 295 g/mol. The van der Waals surface area contributed by atoms with Gasteiger partial charge in [0.1, 0.15) is 5.75 Å². The van der Waals surface area contributed by atoms with Gasteiger partial charge in [0.25, 0.3) is 0 Å². The molecular weight excluding hydrogens is 274 g/mol. The molecule has 1 amide bonds. The highest BCUT2D eigenvalue weighted by Gasteiger charge is 2.31. The zero-order valence-electron chi connectivity index (χ0n) is 13.1. The van der Waals surface area contributed by atoms with Gasteiger partial charge < -0.3 is 10.1 Å². The summed E-state index contributed by atoms with van der Waals surface area (Å²) in [5.41, 5.74) is 4.27. The summed E-state index contributed by atoms with van der Waals surface area (Å²) in [6.07, 6.45) is 1.64. The molecule has 0 unspecified atom stereocenters. The van der Waals surface area contributed by atoms with Crippen LogP contribution in [0.5, 0.6) is 5.75 Å². The molecule has 1 N–H and O–H groups in total. The predicted octanol–water partition coefficient (Wildman–Crippen LogP) is 4.06. The van der Waals surface area contributed by atoms with Crippen molar-refractivity contribution in [1.29, 1.82) is 0 Å². The van der Waals surface area contributed by atoms with Crippen molar-refractivity contribution in [3.8, 4) is 5.75 Å². The number of carbonyl (C=O) groups excluding carboxylic acids is 1. The van der Waals surface area contributed by atoms with E-state index in [2.05, 4.69) is 12.2 Å². The number of benzene rings is 2. The van der Waals surface area contributed by atoms with E-state index < -0.39 is 0 Å². The van der Waals surface area contributed by atoms with Crippen molar-refractivity contribution >= 4 is 11.6 Å². The summed E-state index contributed by atoms with van der Waals surface area (Å²) in [7, 11) is 0. The fraction of sp³-hybridized carbons (Fsp3) is 0.316.